The minimum Gasteiger partial charge on any atom is -0.427 e. The molecule has 30 nitrogen and oxygen atoms in total. The van der Waals surface area contributed by atoms with E-state index in [1.54, 1.807) is 67.3 Å². The quantitative estimate of drug-likeness (QED) is 0.0148. The van der Waals surface area contributed by atoms with E-state index in [-0.39, 0.29) is 69.4 Å². The van der Waals surface area contributed by atoms with E-state index in [0.717, 1.165) is 21.9 Å². The van der Waals surface area contributed by atoms with Gasteiger partial charge in [0.1, 0.15) is 54.4 Å². The Kier molecular flexibility index (Phi) is 42.1. The molecular formula is C104H162B4N12O18. The highest BCUT2D eigenvalue weighted by molar-refractivity contribution is 6.33. The molecular weight excluding hydrogens is 1750 g/mol. The normalized spacial score (nSPS) is 13.2. The molecule has 8 aromatic rings. The van der Waals surface area contributed by atoms with Crippen LogP contribution in [-0.2, 0) is 118 Å². The lowest BCUT2D eigenvalue weighted by Crippen LogP contribution is -2.63. The van der Waals surface area contributed by atoms with Gasteiger partial charge in [0.25, 0.3) is 0 Å². The molecule has 4 heterocycles. The van der Waals surface area contributed by atoms with E-state index in [9.17, 15) is 19.2 Å². The number of esters is 4. The summed E-state index contributed by atoms with van der Waals surface area (Å²) in [5, 5.41) is 35.0. The molecule has 0 aliphatic heterocycles. The van der Waals surface area contributed by atoms with Gasteiger partial charge < -0.3 is 66.3 Å². The molecule has 0 saturated carbocycles. The van der Waals surface area contributed by atoms with Gasteiger partial charge in [-0.25, -0.2) is 0 Å². The van der Waals surface area contributed by atoms with Crippen molar-refractivity contribution in [1.29, 1.82) is 0 Å². The van der Waals surface area contributed by atoms with Crippen molar-refractivity contribution in [2.45, 2.75) is 370 Å². The number of carbonyl (C=O) groups is 4. The third-order valence-corrected chi connectivity index (χ3v) is 25.6. The van der Waals surface area contributed by atoms with Crippen molar-refractivity contribution in [2.24, 2.45) is 10.8 Å². The lowest BCUT2D eigenvalue weighted by molar-refractivity contribution is -0.264. The van der Waals surface area contributed by atoms with E-state index >= 15 is 0 Å². The lowest BCUT2D eigenvalue weighted by atomic mass is 9.58. The molecule has 0 fully saturated rings. The number of rotatable bonds is 65. The third kappa shape index (κ3) is 41.8. The summed E-state index contributed by atoms with van der Waals surface area (Å²) in [5.74, 6) is 0.741. The van der Waals surface area contributed by atoms with Crippen LogP contribution in [0.1, 0.15) is 279 Å². The number of hydrogen-bond donors (Lipinski definition) is 0. The number of nitrogens with zero attached hydrogens (tertiary/aromatic N) is 12. The minimum absolute atomic E-state index is 0.167. The topological polar surface area (TPSA) is 320 Å². The Morgan fingerprint density at radius 3 is 0.732 bits per heavy atom. The van der Waals surface area contributed by atoms with Crippen molar-refractivity contribution >= 4 is 77.1 Å². The smallest absolute Gasteiger partial charge is 0.311 e. The second-order valence-corrected chi connectivity index (χ2v) is 44.7. The van der Waals surface area contributed by atoms with Crippen LogP contribution >= 0.6 is 0 Å². The first-order chi connectivity index (χ1) is 64.3. The predicted molar refractivity (Wildman–Crippen MR) is 546 cm³/mol. The van der Waals surface area contributed by atoms with E-state index in [1.807, 2.05) is 105 Å². The van der Waals surface area contributed by atoms with Crippen LogP contribution in [0, 0.1) is 10.8 Å². The molecule has 0 aliphatic carbocycles. The number of ether oxygens (including phenoxy) is 14. The van der Waals surface area contributed by atoms with Crippen molar-refractivity contribution in [3.63, 3.8) is 0 Å². The molecule has 34 heteroatoms. The minimum atomic E-state index is -1.00. The van der Waals surface area contributed by atoms with Gasteiger partial charge in [0.15, 0.2) is 0 Å². The number of benzene rings is 4. The molecule has 0 spiro atoms. The molecule has 4 aromatic heterocycles. The number of carbonyl (C=O) groups excluding carboxylic acids is 4. The maximum absolute atomic E-state index is 12.8. The summed E-state index contributed by atoms with van der Waals surface area (Å²) < 4.78 is 99.7. The van der Waals surface area contributed by atoms with Gasteiger partial charge in [0.05, 0.1) is 162 Å². The number of hydrogen-bond acceptors (Lipinski definition) is 26. The van der Waals surface area contributed by atoms with Crippen LogP contribution in [-0.4, -0.2) is 236 Å². The van der Waals surface area contributed by atoms with Crippen molar-refractivity contribution in [3.05, 3.63) is 145 Å². The first kappa shape index (κ1) is 114. The maximum Gasteiger partial charge on any atom is 0.311 e. The van der Waals surface area contributed by atoms with Gasteiger partial charge in [-0.3, -0.25) is 37.9 Å². The molecule has 0 N–H and O–H groups in total. The molecule has 138 heavy (non-hydrogen) atoms. The van der Waals surface area contributed by atoms with Gasteiger partial charge in [-0.15, -0.1) is 20.4 Å². The van der Waals surface area contributed by atoms with Gasteiger partial charge >= 0.3 is 23.9 Å². The summed E-state index contributed by atoms with van der Waals surface area (Å²) in [6.07, 6.45) is 15.9. The molecule has 0 unspecified atom stereocenters. The second kappa shape index (κ2) is 50.7. The summed E-state index contributed by atoms with van der Waals surface area (Å²) in [4.78, 5) is 50.9. The van der Waals surface area contributed by atoms with Crippen LogP contribution in [0.3, 0.4) is 0 Å². The Morgan fingerprint density at radius 1 is 0.268 bits per heavy atom. The molecule has 0 amide bonds. The Balaban J connectivity index is 0.943. The average Bonchev–Trinajstić information content (AvgIpc) is 0.902. The summed E-state index contributed by atoms with van der Waals surface area (Å²) in [5.41, 5.74) is -1.51. The van der Waals surface area contributed by atoms with Gasteiger partial charge in [-0.2, -0.15) is 0 Å². The molecule has 0 aliphatic rings. The summed E-state index contributed by atoms with van der Waals surface area (Å²) >= 11 is 0. The fourth-order valence-corrected chi connectivity index (χ4v) is 16.3. The standard InChI is InChI=1S/C104H162B4N12O18/c1-92(2,73-131-97(11,12)55-65-127-93(3,4)49-59-117-69-80(109-113-117)33-45-88(121)132-84-37-25-76(105)26-38-84)104(103(23,24)138-102(21,22)58-68-130-96(9,10)52-62-120-72-83(112-116-120)36-48-91(124)135-87-43-31-79(108)32-44-87,74-125-63-53-98(13,14)136-100(17,18)56-66-128-94(5,6)50-60-118-70-81(110-114-118)34-46-89(122)133-85-39-27-77(106)28-40-85)75-126-64-54-99(15,16)137-101(19,20)57-67-129-95(7,8)51-61-119-71-82(111-115-119)35-47-90(123)134-86-41-29-78(107)30-42-86/h25-32,37-44,69-72H,33-36,45-68,73-75,105-108H2,1-24H3. The Bertz CT molecular complexity index is 4890. The van der Waals surface area contributed by atoms with Crippen LogP contribution in [0.4, 0.5) is 0 Å². The van der Waals surface area contributed by atoms with Crippen molar-refractivity contribution < 1.29 is 85.5 Å². The van der Waals surface area contributed by atoms with E-state index in [1.165, 1.54) is 0 Å². The van der Waals surface area contributed by atoms with Gasteiger partial charge in [-0.05, 0) is 265 Å². The zero-order valence-electron chi connectivity index (χ0n) is 88.7. The highest BCUT2D eigenvalue weighted by atomic mass is 16.6. The molecule has 4 aromatic carbocycles. The SMILES string of the molecule is Bc1ccc(OC(=O)CCc2cn(CCC(C)(C)OCCC(C)(C)OCC(C)(C)C(COCCC(C)(C)OC(C)(C)CCOC(C)(C)CCn3cc(CCC(=O)Oc4ccc(B)cc4)nn3)(COCCC(C)(C)OC(C)(C)CCOC(C)(C)CCn3cc(CCC(=O)Oc4ccc(B)cc4)nn3)C(C)(C)OC(C)(C)CCOC(C)(C)CCn3cc(CCC(=O)Oc4ccc(B)cc4)nn3)nn2)cc1. The van der Waals surface area contributed by atoms with E-state index in [0.29, 0.717) is 201 Å². The van der Waals surface area contributed by atoms with Crippen LogP contribution in [0.5, 0.6) is 23.0 Å². The van der Waals surface area contributed by atoms with E-state index in [4.69, 9.17) is 66.3 Å². The number of aromatic nitrogens is 12. The highest BCUT2D eigenvalue weighted by Gasteiger charge is 2.58. The first-order valence-electron chi connectivity index (χ1n) is 49.4. The largest absolute Gasteiger partial charge is 0.427 e. The lowest BCUT2D eigenvalue weighted by Gasteiger charge is -2.57. The molecule has 0 atom stereocenters. The molecule has 0 radical (unpaired) electrons. The van der Waals surface area contributed by atoms with Crippen LogP contribution < -0.4 is 40.8 Å². The summed E-state index contributed by atoms with van der Waals surface area (Å²) in [6, 6.07) is 29.6. The van der Waals surface area contributed by atoms with E-state index in [2.05, 4.69) is 207 Å². The Morgan fingerprint density at radius 2 is 0.486 bits per heavy atom. The Hall–Kier alpha value is -8.82. The van der Waals surface area contributed by atoms with Crippen molar-refractivity contribution in [2.75, 3.05) is 59.5 Å². The highest BCUT2D eigenvalue weighted by Crippen LogP contribution is 2.52. The van der Waals surface area contributed by atoms with Gasteiger partial charge in [0.2, 0.25) is 0 Å². The number of aryl methyl sites for hydroxylation is 8. The average molecular weight is 1910 g/mol. The first-order valence-corrected chi connectivity index (χ1v) is 49.4. The second-order valence-electron chi connectivity index (χ2n) is 44.7. The fourth-order valence-electron chi connectivity index (χ4n) is 16.3. The summed E-state index contributed by atoms with van der Waals surface area (Å²) in [6.45, 7) is 56.2. The maximum atomic E-state index is 12.8. The monoisotopic (exact) mass is 1910 g/mol. The van der Waals surface area contributed by atoms with Crippen molar-refractivity contribution in [3.8, 4) is 23.0 Å². The fraction of sp³-hybridized carbons (Fsp3) is 0.654. The zero-order valence-corrected chi connectivity index (χ0v) is 88.7. The van der Waals surface area contributed by atoms with Crippen LogP contribution in [0.25, 0.3) is 0 Å². The molecule has 8 rings (SSSR count). The van der Waals surface area contributed by atoms with Crippen LogP contribution in [0.15, 0.2) is 122 Å². The van der Waals surface area contributed by atoms with Gasteiger partial charge in [-0.1, -0.05) is 105 Å². The molecule has 0 saturated heterocycles. The van der Waals surface area contributed by atoms with Crippen molar-refractivity contribution in [1.82, 2.24) is 60.0 Å². The Labute approximate surface area is 825 Å². The summed E-state index contributed by atoms with van der Waals surface area (Å²) in [7, 11) is 7.95. The third-order valence-electron chi connectivity index (χ3n) is 25.6. The van der Waals surface area contributed by atoms with E-state index < -0.39 is 72.4 Å². The predicted octanol–water partition coefficient (Wildman–Crippen LogP) is 12.0. The zero-order chi connectivity index (χ0) is 102. The molecule has 0 bridgehead atoms. The van der Waals surface area contributed by atoms with Crippen LogP contribution in [0.2, 0.25) is 0 Å². The molecule has 758 valence electrons. The van der Waals surface area contributed by atoms with Gasteiger partial charge in [0, 0.05) is 95.3 Å².